The Kier molecular flexibility index (Phi) is 5.08. The zero-order valence-corrected chi connectivity index (χ0v) is 16.3. The molecule has 0 spiro atoms. The Morgan fingerprint density at radius 1 is 1.14 bits per heavy atom. The van der Waals surface area contributed by atoms with Gasteiger partial charge in [-0.3, -0.25) is 4.99 Å². The lowest BCUT2D eigenvalue weighted by molar-refractivity contribution is -0.274. The summed E-state index contributed by atoms with van der Waals surface area (Å²) in [6, 6.07) is 10.7. The van der Waals surface area contributed by atoms with E-state index < -0.39 is 12.5 Å². The SMILES string of the molecule is Fc1c(Br)cccc1C1N=C2C=CN(Cc3ccc(OC(F)(F)F)cc3)C=C2N1. The molecule has 1 N–H and O–H groups in total. The van der Waals surface area contributed by atoms with E-state index in [1.807, 2.05) is 17.3 Å². The predicted octanol–water partition coefficient (Wildman–Crippen LogP) is 5.40. The van der Waals surface area contributed by atoms with Crippen LogP contribution in [0.4, 0.5) is 17.6 Å². The van der Waals surface area contributed by atoms with E-state index in [0.717, 1.165) is 11.3 Å². The molecule has 2 aliphatic heterocycles. The lowest BCUT2D eigenvalue weighted by atomic mass is 10.1. The molecule has 2 aromatic carbocycles. The van der Waals surface area contributed by atoms with E-state index in [9.17, 15) is 17.6 Å². The minimum absolute atomic E-state index is 0.264. The van der Waals surface area contributed by atoms with Crippen LogP contribution in [0, 0.1) is 5.82 Å². The van der Waals surface area contributed by atoms with Crippen LogP contribution in [-0.2, 0) is 6.54 Å². The molecule has 0 bridgehead atoms. The van der Waals surface area contributed by atoms with Gasteiger partial charge in [-0.05, 0) is 45.8 Å². The van der Waals surface area contributed by atoms with Crippen molar-refractivity contribution < 1.29 is 22.3 Å². The highest BCUT2D eigenvalue weighted by atomic mass is 79.9. The number of halogens is 5. The number of nitrogens with zero attached hydrogens (tertiary/aromatic N) is 2. The van der Waals surface area contributed by atoms with Crippen molar-refractivity contribution >= 4 is 21.6 Å². The molecule has 0 saturated heterocycles. The summed E-state index contributed by atoms with van der Waals surface area (Å²) < 4.78 is 55.3. The van der Waals surface area contributed by atoms with Gasteiger partial charge in [0.25, 0.3) is 0 Å². The summed E-state index contributed by atoms with van der Waals surface area (Å²) >= 11 is 3.18. The van der Waals surface area contributed by atoms with Gasteiger partial charge in [0, 0.05) is 24.5 Å². The third-order valence-electron chi connectivity index (χ3n) is 4.35. The first-order valence-corrected chi connectivity index (χ1v) is 9.37. The molecule has 9 heteroatoms. The van der Waals surface area contributed by atoms with Crippen molar-refractivity contribution in [1.29, 1.82) is 0 Å². The fraction of sp³-hybridized carbons (Fsp3) is 0.150. The molecule has 2 aromatic rings. The Morgan fingerprint density at radius 2 is 1.90 bits per heavy atom. The Bertz CT molecular complexity index is 1020. The topological polar surface area (TPSA) is 36.9 Å². The van der Waals surface area contributed by atoms with Crippen LogP contribution in [0.5, 0.6) is 5.75 Å². The summed E-state index contributed by atoms with van der Waals surface area (Å²) in [5.41, 5.74) is 2.69. The largest absolute Gasteiger partial charge is 0.573 e. The predicted molar refractivity (Wildman–Crippen MR) is 103 cm³/mol. The van der Waals surface area contributed by atoms with E-state index in [4.69, 9.17) is 0 Å². The molecule has 0 saturated carbocycles. The van der Waals surface area contributed by atoms with Crippen molar-refractivity contribution in [3.05, 3.63) is 88.1 Å². The van der Waals surface area contributed by atoms with E-state index in [-0.39, 0.29) is 11.6 Å². The minimum atomic E-state index is -4.71. The maximum Gasteiger partial charge on any atom is 0.573 e. The quantitative estimate of drug-likeness (QED) is 0.611. The smallest absolute Gasteiger partial charge is 0.406 e. The molecular formula is C20H14BrF4N3O. The zero-order valence-electron chi connectivity index (χ0n) is 14.8. The average Bonchev–Trinajstić information content (AvgIpc) is 3.07. The van der Waals surface area contributed by atoms with Gasteiger partial charge in [0.15, 0.2) is 0 Å². The van der Waals surface area contributed by atoms with Crippen molar-refractivity contribution in [2.75, 3.05) is 0 Å². The fourth-order valence-corrected chi connectivity index (χ4v) is 3.44. The minimum Gasteiger partial charge on any atom is -0.406 e. The standard InChI is InChI=1S/C20H14BrF4N3O/c21-15-3-1-2-14(18(15)22)19-26-16-8-9-28(11-17(16)27-19)10-12-4-6-13(7-5-12)29-20(23,24)25/h1-9,11,19,27H,10H2. The highest BCUT2D eigenvalue weighted by Gasteiger charge is 2.31. The van der Waals surface area contributed by atoms with Crippen molar-refractivity contribution in [2.45, 2.75) is 19.1 Å². The van der Waals surface area contributed by atoms with Gasteiger partial charge >= 0.3 is 6.36 Å². The van der Waals surface area contributed by atoms with Gasteiger partial charge in [0.2, 0.25) is 0 Å². The molecule has 0 aromatic heterocycles. The summed E-state index contributed by atoms with van der Waals surface area (Å²) in [6.07, 6.45) is 0.200. The highest BCUT2D eigenvalue weighted by Crippen LogP contribution is 2.30. The highest BCUT2D eigenvalue weighted by molar-refractivity contribution is 9.10. The normalized spacial score (nSPS) is 18.1. The summed E-state index contributed by atoms with van der Waals surface area (Å²) in [5.74, 6) is -0.629. The van der Waals surface area contributed by atoms with Gasteiger partial charge in [-0.25, -0.2) is 4.39 Å². The molecule has 29 heavy (non-hydrogen) atoms. The first-order valence-electron chi connectivity index (χ1n) is 8.57. The molecular weight excluding hydrogens is 454 g/mol. The zero-order chi connectivity index (χ0) is 20.6. The summed E-state index contributed by atoms with van der Waals surface area (Å²) in [7, 11) is 0. The monoisotopic (exact) mass is 467 g/mol. The number of aliphatic imine (C=N–C) groups is 1. The summed E-state index contributed by atoms with van der Waals surface area (Å²) in [6.45, 7) is 0.442. The van der Waals surface area contributed by atoms with Crippen LogP contribution in [0.25, 0.3) is 0 Å². The second-order valence-electron chi connectivity index (χ2n) is 6.43. The van der Waals surface area contributed by atoms with Gasteiger partial charge in [0.05, 0.1) is 15.9 Å². The number of fused-ring (bicyclic) bond motifs is 1. The molecule has 1 atom stereocenters. The number of rotatable bonds is 4. The molecule has 2 aliphatic rings. The number of nitrogens with one attached hydrogen (secondary N) is 1. The number of benzene rings is 2. The molecule has 0 amide bonds. The lowest BCUT2D eigenvalue weighted by Crippen LogP contribution is -2.22. The molecule has 4 rings (SSSR count). The molecule has 150 valence electrons. The van der Waals surface area contributed by atoms with Crippen molar-refractivity contribution in [1.82, 2.24) is 10.2 Å². The number of hydrogen-bond acceptors (Lipinski definition) is 4. The maximum absolute atomic E-state index is 14.3. The second-order valence-corrected chi connectivity index (χ2v) is 7.28. The van der Waals surface area contributed by atoms with Crippen LogP contribution in [0.2, 0.25) is 0 Å². The van der Waals surface area contributed by atoms with Crippen molar-refractivity contribution in [2.24, 2.45) is 4.99 Å². The first-order chi connectivity index (χ1) is 13.8. The van der Waals surface area contributed by atoms with Gasteiger partial charge in [-0.2, -0.15) is 0 Å². The van der Waals surface area contributed by atoms with E-state index >= 15 is 0 Å². The Balaban J connectivity index is 1.45. The van der Waals surface area contributed by atoms with Crippen LogP contribution in [0.15, 0.2) is 76.1 Å². The van der Waals surface area contributed by atoms with Gasteiger partial charge in [-0.1, -0.05) is 24.3 Å². The lowest BCUT2D eigenvalue weighted by Gasteiger charge is -2.21. The number of ether oxygens (including phenoxy) is 1. The van der Waals surface area contributed by atoms with Gasteiger partial charge in [-0.15, -0.1) is 13.2 Å². The van der Waals surface area contributed by atoms with Crippen molar-refractivity contribution in [3.8, 4) is 5.75 Å². The third-order valence-corrected chi connectivity index (χ3v) is 4.97. The first kappa shape index (κ1) is 19.5. The van der Waals surface area contributed by atoms with Crippen LogP contribution in [-0.4, -0.2) is 17.0 Å². The molecule has 0 aliphatic carbocycles. The van der Waals surface area contributed by atoms with E-state index in [1.54, 1.807) is 36.4 Å². The average molecular weight is 468 g/mol. The fourth-order valence-electron chi connectivity index (χ4n) is 3.06. The summed E-state index contributed by atoms with van der Waals surface area (Å²) in [4.78, 5) is 6.37. The maximum atomic E-state index is 14.3. The molecule has 0 fully saturated rings. The van der Waals surface area contributed by atoms with Crippen LogP contribution in [0.1, 0.15) is 17.3 Å². The van der Waals surface area contributed by atoms with Crippen LogP contribution in [0.3, 0.4) is 0 Å². The Labute approximate surface area is 172 Å². The molecule has 2 heterocycles. The molecule has 0 radical (unpaired) electrons. The number of allylic oxidation sites excluding steroid dienone is 1. The Morgan fingerprint density at radius 3 is 2.62 bits per heavy atom. The molecule has 4 nitrogen and oxygen atoms in total. The van der Waals surface area contributed by atoms with Crippen LogP contribution >= 0.6 is 15.9 Å². The van der Waals surface area contributed by atoms with Crippen molar-refractivity contribution in [3.63, 3.8) is 0 Å². The number of alkyl halides is 3. The second kappa shape index (κ2) is 7.55. The number of hydrogen-bond donors (Lipinski definition) is 1. The van der Waals surface area contributed by atoms with E-state index in [0.29, 0.717) is 22.3 Å². The molecule has 1 unspecified atom stereocenters. The summed E-state index contributed by atoms with van der Waals surface area (Å²) in [5, 5.41) is 3.19. The van der Waals surface area contributed by atoms with E-state index in [2.05, 4.69) is 31.0 Å². The van der Waals surface area contributed by atoms with E-state index in [1.165, 1.54) is 12.1 Å². The third kappa shape index (κ3) is 4.45. The van der Waals surface area contributed by atoms with Gasteiger partial charge < -0.3 is 15.0 Å². The van der Waals surface area contributed by atoms with Crippen LogP contribution < -0.4 is 10.1 Å². The van der Waals surface area contributed by atoms with Gasteiger partial charge in [0.1, 0.15) is 17.7 Å². The Hall–Kier alpha value is -2.81.